The van der Waals surface area contributed by atoms with E-state index < -0.39 is 17.4 Å². The fourth-order valence-corrected chi connectivity index (χ4v) is 1.15. The summed E-state index contributed by atoms with van der Waals surface area (Å²) in [4.78, 5) is 11.5. The number of carbonyl (C=O) groups excluding carboxylic acids is 1. The van der Waals surface area contributed by atoms with E-state index in [4.69, 9.17) is 10.5 Å². The van der Waals surface area contributed by atoms with Gasteiger partial charge in [-0.1, -0.05) is 0 Å². The molecule has 5 heteroatoms. The summed E-state index contributed by atoms with van der Waals surface area (Å²) in [6.45, 7) is 3.34. The van der Waals surface area contributed by atoms with Crippen molar-refractivity contribution in [3.8, 4) is 0 Å². The zero-order valence-corrected chi connectivity index (χ0v) is 9.87. The highest BCUT2D eigenvalue weighted by Gasteiger charge is 2.14. The third-order valence-corrected chi connectivity index (χ3v) is 2.18. The Balaban J connectivity index is 2.56. The first-order valence-electron chi connectivity index (χ1n) is 5.24. The minimum Gasteiger partial charge on any atom is -0.462 e. The summed E-state index contributed by atoms with van der Waals surface area (Å²) in [6.07, 6.45) is 0.329. The number of halogens is 1. The van der Waals surface area contributed by atoms with Crippen LogP contribution in [0.25, 0.3) is 0 Å². The van der Waals surface area contributed by atoms with E-state index in [0.29, 0.717) is 6.42 Å². The van der Waals surface area contributed by atoms with Gasteiger partial charge in [0.1, 0.15) is 5.82 Å². The van der Waals surface area contributed by atoms with Gasteiger partial charge in [-0.25, -0.2) is 9.18 Å². The van der Waals surface area contributed by atoms with Crippen LogP contribution in [0.4, 0.5) is 10.1 Å². The van der Waals surface area contributed by atoms with Gasteiger partial charge in [0, 0.05) is 6.42 Å². The Kier molecular flexibility index (Phi) is 4.07. The van der Waals surface area contributed by atoms with Gasteiger partial charge in [-0.3, -0.25) is 0 Å². The Morgan fingerprint density at radius 2 is 2.18 bits per heavy atom. The van der Waals surface area contributed by atoms with Gasteiger partial charge in [0.05, 0.1) is 23.5 Å². The molecule has 17 heavy (non-hydrogen) atoms. The zero-order valence-electron chi connectivity index (χ0n) is 9.87. The molecule has 0 unspecified atom stereocenters. The van der Waals surface area contributed by atoms with Crippen molar-refractivity contribution in [2.45, 2.75) is 25.9 Å². The van der Waals surface area contributed by atoms with Crippen molar-refractivity contribution in [2.75, 3.05) is 12.3 Å². The average molecular weight is 241 g/mol. The molecular weight excluding hydrogens is 225 g/mol. The van der Waals surface area contributed by atoms with Crippen LogP contribution in [0.1, 0.15) is 30.6 Å². The molecule has 0 fully saturated rings. The number of anilines is 1. The number of rotatable bonds is 4. The van der Waals surface area contributed by atoms with Crippen LogP contribution in [0.15, 0.2) is 18.2 Å². The summed E-state index contributed by atoms with van der Waals surface area (Å²) in [5, 5.41) is 9.42. The first-order chi connectivity index (χ1) is 7.79. The lowest BCUT2D eigenvalue weighted by molar-refractivity contribution is 0.0244. The van der Waals surface area contributed by atoms with Crippen LogP contribution in [0.5, 0.6) is 0 Å². The molecule has 1 aromatic rings. The number of esters is 1. The van der Waals surface area contributed by atoms with Gasteiger partial charge >= 0.3 is 5.97 Å². The predicted octanol–water partition coefficient (Wildman–Crippen LogP) is 1.73. The largest absolute Gasteiger partial charge is 0.462 e. The first kappa shape index (κ1) is 13.4. The molecule has 4 nitrogen and oxygen atoms in total. The lowest BCUT2D eigenvalue weighted by Gasteiger charge is -2.16. The number of nitrogens with two attached hydrogens (primary N) is 1. The molecule has 1 aromatic carbocycles. The Morgan fingerprint density at radius 1 is 1.53 bits per heavy atom. The first-order valence-corrected chi connectivity index (χ1v) is 5.24. The van der Waals surface area contributed by atoms with Gasteiger partial charge in [-0.2, -0.15) is 0 Å². The molecule has 0 saturated carbocycles. The molecule has 0 atom stereocenters. The Morgan fingerprint density at radius 3 is 2.71 bits per heavy atom. The molecule has 0 aliphatic carbocycles. The van der Waals surface area contributed by atoms with E-state index in [1.54, 1.807) is 13.8 Å². The molecule has 0 amide bonds. The zero-order chi connectivity index (χ0) is 13.1. The van der Waals surface area contributed by atoms with Crippen molar-refractivity contribution < 1.29 is 19.0 Å². The summed E-state index contributed by atoms with van der Waals surface area (Å²) < 4.78 is 17.8. The van der Waals surface area contributed by atoms with E-state index in [1.807, 2.05) is 0 Å². The lowest BCUT2D eigenvalue weighted by Crippen LogP contribution is -2.22. The molecule has 0 aliphatic heterocycles. The molecule has 0 saturated heterocycles. The maximum Gasteiger partial charge on any atom is 0.338 e. The van der Waals surface area contributed by atoms with E-state index >= 15 is 0 Å². The third kappa shape index (κ3) is 4.40. The molecule has 1 rings (SSSR count). The second-order valence-electron chi connectivity index (χ2n) is 4.43. The highest BCUT2D eigenvalue weighted by molar-refractivity contribution is 5.90. The predicted molar refractivity (Wildman–Crippen MR) is 62.0 cm³/mol. The summed E-state index contributed by atoms with van der Waals surface area (Å²) in [7, 11) is 0. The molecule has 0 heterocycles. The van der Waals surface area contributed by atoms with Crippen molar-refractivity contribution >= 4 is 11.7 Å². The van der Waals surface area contributed by atoms with Gasteiger partial charge in [-0.15, -0.1) is 0 Å². The summed E-state index contributed by atoms with van der Waals surface area (Å²) in [6, 6.07) is 3.64. The Bertz CT molecular complexity index is 413. The van der Waals surface area contributed by atoms with Crippen LogP contribution < -0.4 is 5.73 Å². The molecule has 0 aliphatic rings. The second-order valence-corrected chi connectivity index (χ2v) is 4.43. The van der Waals surface area contributed by atoms with E-state index in [9.17, 15) is 14.3 Å². The highest BCUT2D eigenvalue weighted by atomic mass is 19.1. The molecular formula is C12H16FNO3. The molecule has 3 N–H and O–H groups in total. The number of hydrogen-bond acceptors (Lipinski definition) is 4. The van der Waals surface area contributed by atoms with Crippen LogP contribution in [-0.2, 0) is 4.74 Å². The topological polar surface area (TPSA) is 72.5 Å². The fraction of sp³-hybridized carbons (Fsp3) is 0.417. The van der Waals surface area contributed by atoms with Gasteiger partial charge in [0.2, 0.25) is 0 Å². The van der Waals surface area contributed by atoms with E-state index in [1.165, 1.54) is 12.1 Å². The fourth-order valence-electron chi connectivity index (χ4n) is 1.15. The number of aliphatic hydroxyl groups is 1. The molecule has 0 radical (unpaired) electrons. The van der Waals surface area contributed by atoms with Gasteiger partial charge in [-0.05, 0) is 32.0 Å². The van der Waals surface area contributed by atoms with Gasteiger partial charge in [0.15, 0.2) is 0 Å². The number of ether oxygens (including phenoxy) is 1. The Hall–Kier alpha value is -1.62. The normalized spacial score (nSPS) is 11.3. The summed E-state index contributed by atoms with van der Waals surface area (Å²) >= 11 is 0. The van der Waals surface area contributed by atoms with Crippen molar-refractivity contribution in [1.82, 2.24) is 0 Å². The Labute approximate surface area is 99.2 Å². The van der Waals surface area contributed by atoms with Crippen molar-refractivity contribution in [1.29, 1.82) is 0 Å². The number of nitrogen functional groups attached to an aromatic ring is 1. The summed E-state index contributed by atoms with van der Waals surface area (Å²) in [5.74, 6) is -1.15. The van der Waals surface area contributed by atoms with E-state index in [-0.39, 0.29) is 17.9 Å². The third-order valence-electron chi connectivity index (χ3n) is 2.18. The second kappa shape index (κ2) is 5.14. The molecule has 0 bridgehead atoms. The summed E-state index contributed by atoms with van der Waals surface area (Å²) in [5.41, 5.74) is 4.55. The quantitative estimate of drug-likeness (QED) is 0.622. The standard InChI is InChI=1S/C12H16FNO3/c1-12(2,16)5-6-17-11(15)8-3-4-9(13)10(14)7-8/h3-4,7,16H,5-6,14H2,1-2H3. The van der Waals surface area contributed by atoms with Crippen LogP contribution in [0, 0.1) is 5.82 Å². The van der Waals surface area contributed by atoms with E-state index in [0.717, 1.165) is 6.07 Å². The highest BCUT2D eigenvalue weighted by Crippen LogP contribution is 2.14. The van der Waals surface area contributed by atoms with Gasteiger partial charge < -0.3 is 15.6 Å². The van der Waals surface area contributed by atoms with Crippen molar-refractivity contribution in [3.63, 3.8) is 0 Å². The maximum absolute atomic E-state index is 12.9. The molecule has 94 valence electrons. The number of benzene rings is 1. The van der Waals surface area contributed by atoms with Crippen LogP contribution >= 0.6 is 0 Å². The minimum absolute atomic E-state index is 0.0954. The minimum atomic E-state index is -0.887. The lowest BCUT2D eigenvalue weighted by atomic mass is 10.1. The molecule has 0 aromatic heterocycles. The van der Waals surface area contributed by atoms with Gasteiger partial charge in [0.25, 0.3) is 0 Å². The number of carbonyl (C=O) groups is 1. The van der Waals surface area contributed by atoms with Crippen LogP contribution in [0.2, 0.25) is 0 Å². The van der Waals surface area contributed by atoms with Crippen molar-refractivity contribution in [2.24, 2.45) is 0 Å². The average Bonchev–Trinajstić information content (AvgIpc) is 2.20. The van der Waals surface area contributed by atoms with Crippen LogP contribution in [-0.4, -0.2) is 23.3 Å². The molecule has 0 spiro atoms. The van der Waals surface area contributed by atoms with Crippen LogP contribution in [0.3, 0.4) is 0 Å². The SMILES string of the molecule is CC(C)(O)CCOC(=O)c1ccc(F)c(N)c1. The monoisotopic (exact) mass is 241 g/mol. The smallest absolute Gasteiger partial charge is 0.338 e. The van der Waals surface area contributed by atoms with E-state index in [2.05, 4.69) is 0 Å². The number of hydrogen-bond donors (Lipinski definition) is 2. The van der Waals surface area contributed by atoms with Crippen molar-refractivity contribution in [3.05, 3.63) is 29.6 Å². The maximum atomic E-state index is 12.9.